The molecule has 3 heteroatoms. The second-order valence-corrected chi connectivity index (χ2v) is 4.38. The van der Waals surface area contributed by atoms with Gasteiger partial charge in [-0.1, -0.05) is 29.8 Å². The van der Waals surface area contributed by atoms with E-state index in [2.05, 4.69) is 35.1 Å². The van der Waals surface area contributed by atoms with E-state index in [-0.39, 0.29) is 0 Å². The summed E-state index contributed by atoms with van der Waals surface area (Å²) < 4.78 is 5.45. The van der Waals surface area contributed by atoms with Crippen LogP contribution in [0.3, 0.4) is 0 Å². The van der Waals surface area contributed by atoms with Crippen LogP contribution in [-0.2, 0) is 4.74 Å². The van der Waals surface area contributed by atoms with Crippen molar-refractivity contribution in [1.82, 2.24) is 5.32 Å². The number of alkyl halides is 1. The Labute approximate surface area is 90.6 Å². The van der Waals surface area contributed by atoms with E-state index in [1.54, 1.807) is 0 Å². The minimum absolute atomic E-state index is 0.751. The van der Waals surface area contributed by atoms with E-state index in [1.807, 2.05) is 0 Å². The van der Waals surface area contributed by atoms with Gasteiger partial charge < -0.3 is 10.1 Å². The predicted molar refractivity (Wildman–Crippen MR) is 61.6 cm³/mol. The van der Waals surface area contributed by atoms with Crippen molar-refractivity contribution in [3.63, 3.8) is 0 Å². The van der Waals surface area contributed by atoms with Crippen molar-refractivity contribution in [3.8, 4) is 0 Å². The van der Waals surface area contributed by atoms with E-state index < -0.39 is 0 Å². The van der Waals surface area contributed by atoms with Gasteiger partial charge in [-0.2, -0.15) is 0 Å². The third-order valence-electron chi connectivity index (χ3n) is 1.75. The Kier molecular flexibility index (Phi) is 10.8. The van der Waals surface area contributed by atoms with E-state index in [1.165, 1.54) is 12.8 Å². The highest BCUT2D eigenvalue weighted by Gasteiger charge is 1.93. The maximum Gasteiger partial charge on any atom is 0.0590 e. The maximum atomic E-state index is 5.45. The molecule has 0 rings (SSSR count). The van der Waals surface area contributed by atoms with Crippen LogP contribution in [0.25, 0.3) is 0 Å². The van der Waals surface area contributed by atoms with Crippen LogP contribution in [0.1, 0.15) is 26.7 Å². The zero-order valence-electron chi connectivity index (χ0n) is 8.81. The first-order chi connectivity index (χ1) is 6.27. The third-order valence-corrected chi connectivity index (χ3v) is 2.31. The Morgan fingerprint density at radius 3 is 2.62 bits per heavy atom. The van der Waals surface area contributed by atoms with Crippen LogP contribution in [0.15, 0.2) is 0 Å². The normalized spacial score (nSPS) is 11.1. The van der Waals surface area contributed by atoms with E-state index in [4.69, 9.17) is 4.74 Å². The summed E-state index contributed by atoms with van der Waals surface area (Å²) in [6.45, 7) is 8.24. The van der Waals surface area contributed by atoms with E-state index >= 15 is 0 Å². The summed E-state index contributed by atoms with van der Waals surface area (Å²) in [6, 6.07) is 0. The first-order valence-corrected chi connectivity index (χ1v) is 6.24. The number of halogens is 1. The quantitative estimate of drug-likeness (QED) is 0.502. The Hall–Kier alpha value is 0.400. The molecule has 0 spiro atoms. The molecule has 0 saturated heterocycles. The Morgan fingerprint density at radius 2 is 2.00 bits per heavy atom. The molecule has 0 aromatic heterocycles. The largest absolute Gasteiger partial charge is 0.380 e. The van der Waals surface area contributed by atoms with Crippen molar-refractivity contribution in [2.24, 2.45) is 5.92 Å². The third kappa shape index (κ3) is 12.4. The molecule has 0 aliphatic rings. The standard InChI is InChI=1S/C10H22BrNO/c1-10(2)4-8-13-9-7-12-6-3-5-11/h10,12H,3-9H2,1-2H3. The summed E-state index contributed by atoms with van der Waals surface area (Å²) >= 11 is 3.39. The minimum Gasteiger partial charge on any atom is -0.380 e. The molecular weight excluding hydrogens is 230 g/mol. The molecule has 0 heterocycles. The molecule has 0 amide bonds. The maximum absolute atomic E-state index is 5.45. The molecule has 0 radical (unpaired) electrons. The first kappa shape index (κ1) is 13.4. The average molecular weight is 252 g/mol. The molecule has 1 N–H and O–H groups in total. The SMILES string of the molecule is CC(C)CCOCCNCCCBr. The van der Waals surface area contributed by atoms with Gasteiger partial charge in [-0.05, 0) is 25.3 Å². The van der Waals surface area contributed by atoms with Crippen LogP contribution >= 0.6 is 15.9 Å². The van der Waals surface area contributed by atoms with Crippen molar-refractivity contribution in [3.05, 3.63) is 0 Å². The van der Waals surface area contributed by atoms with Gasteiger partial charge in [-0.25, -0.2) is 0 Å². The van der Waals surface area contributed by atoms with Crippen LogP contribution in [-0.4, -0.2) is 31.6 Å². The molecule has 0 aromatic carbocycles. The monoisotopic (exact) mass is 251 g/mol. The summed E-state index contributed by atoms with van der Waals surface area (Å²) in [5, 5.41) is 4.40. The smallest absolute Gasteiger partial charge is 0.0590 e. The van der Waals surface area contributed by atoms with Crippen LogP contribution < -0.4 is 5.32 Å². The Morgan fingerprint density at radius 1 is 1.23 bits per heavy atom. The van der Waals surface area contributed by atoms with Crippen LogP contribution in [0.5, 0.6) is 0 Å². The first-order valence-electron chi connectivity index (χ1n) is 5.11. The minimum atomic E-state index is 0.751. The molecule has 0 bridgehead atoms. The highest BCUT2D eigenvalue weighted by Crippen LogP contribution is 1.98. The molecule has 80 valence electrons. The van der Waals surface area contributed by atoms with Gasteiger partial charge in [-0.15, -0.1) is 0 Å². The fourth-order valence-electron chi connectivity index (χ4n) is 0.882. The summed E-state index contributed by atoms with van der Waals surface area (Å²) in [6.07, 6.45) is 2.35. The molecule has 2 nitrogen and oxygen atoms in total. The number of rotatable bonds is 9. The molecule has 0 aromatic rings. The number of ether oxygens (including phenoxy) is 1. The number of nitrogens with one attached hydrogen (secondary N) is 1. The van der Waals surface area contributed by atoms with Gasteiger partial charge in [0, 0.05) is 18.5 Å². The lowest BCUT2D eigenvalue weighted by molar-refractivity contribution is 0.125. The zero-order valence-corrected chi connectivity index (χ0v) is 10.4. The predicted octanol–water partition coefficient (Wildman–Crippen LogP) is 2.42. The average Bonchev–Trinajstić information content (AvgIpc) is 2.09. The van der Waals surface area contributed by atoms with Crippen molar-refractivity contribution in [2.75, 3.05) is 31.6 Å². The molecule has 0 aliphatic carbocycles. The zero-order chi connectivity index (χ0) is 9.94. The van der Waals surface area contributed by atoms with Crippen molar-refractivity contribution < 1.29 is 4.74 Å². The van der Waals surface area contributed by atoms with Crippen LogP contribution in [0.2, 0.25) is 0 Å². The van der Waals surface area contributed by atoms with Gasteiger partial charge in [0.25, 0.3) is 0 Å². The van der Waals surface area contributed by atoms with Gasteiger partial charge >= 0.3 is 0 Å². The molecule has 0 unspecified atom stereocenters. The highest BCUT2D eigenvalue weighted by atomic mass is 79.9. The fraction of sp³-hybridized carbons (Fsp3) is 1.00. The lowest BCUT2D eigenvalue weighted by atomic mass is 10.1. The molecular formula is C10H22BrNO. The Bertz CT molecular complexity index is 98.9. The highest BCUT2D eigenvalue weighted by molar-refractivity contribution is 9.09. The van der Waals surface area contributed by atoms with Crippen molar-refractivity contribution in [1.29, 1.82) is 0 Å². The van der Waals surface area contributed by atoms with Crippen molar-refractivity contribution in [2.45, 2.75) is 26.7 Å². The molecule has 0 aliphatic heterocycles. The van der Waals surface area contributed by atoms with Gasteiger partial charge in [0.2, 0.25) is 0 Å². The van der Waals surface area contributed by atoms with Crippen LogP contribution in [0.4, 0.5) is 0 Å². The molecule has 0 saturated carbocycles. The van der Waals surface area contributed by atoms with Crippen LogP contribution in [0, 0.1) is 5.92 Å². The van der Waals surface area contributed by atoms with Gasteiger partial charge in [0.15, 0.2) is 0 Å². The molecule has 13 heavy (non-hydrogen) atoms. The van der Waals surface area contributed by atoms with E-state index in [0.29, 0.717) is 0 Å². The summed E-state index contributed by atoms with van der Waals surface area (Å²) in [7, 11) is 0. The van der Waals surface area contributed by atoms with Crippen molar-refractivity contribution >= 4 is 15.9 Å². The summed E-state index contributed by atoms with van der Waals surface area (Å²) in [5.74, 6) is 0.751. The van der Waals surface area contributed by atoms with E-state index in [9.17, 15) is 0 Å². The molecule has 0 fully saturated rings. The van der Waals surface area contributed by atoms with E-state index in [0.717, 1.165) is 37.6 Å². The van der Waals surface area contributed by atoms with Gasteiger partial charge in [0.05, 0.1) is 6.61 Å². The van der Waals surface area contributed by atoms with Gasteiger partial charge in [0.1, 0.15) is 0 Å². The molecule has 0 atom stereocenters. The topological polar surface area (TPSA) is 21.3 Å². The lowest BCUT2D eigenvalue weighted by Gasteiger charge is -2.06. The second-order valence-electron chi connectivity index (χ2n) is 3.59. The lowest BCUT2D eigenvalue weighted by Crippen LogP contribution is -2.21. The second kappa shape index (κ2) is 10.5. The fourth-order valence-corrected chi connectivity index (χ4v) is 1.16. The number of hydrogen-bond donors (Lipinski definition) is 1. The summed E-state index contributed by atoms with van der Waals surface area (Å²) in [4.78, 5) is 0. The Balaban J connectivity index is 2.84. The number of hydrogen-bond acceptors (Lipinski definition) is 2. The summed E-state index contributed by atoms with van der Waals surface area (Å²) in [5.41, 5.74) is 0. The van der Waals surface area contributed by atoms with Gasteiger partial charge in [-0.3, -0.25) is 0 Å².